The van der Waals surface area contributed by atoms with Gasteiger partial charge in [0, 0.05) is 5.56 Å². The fourth-order valence-corrected chi connectivity index (χ4v) is 0.769. The summed E-state index contributed by atoms with van der Waals surface area (Å²) in [5.74, 6) is -3.76. The highest BCUT2D eigenvalue weighted by molar-refractivity contribution is 5.94. The van der Waals surface area contributed by atoms with Crippen molar-refractivity contribution in [2.75, 3.05) is 0 Å². The second kappa shape index (κ2) is 2.89. The van der Waals surface area contributed by atoms with Crippen LogP contribution in [-0.4, -0.2) is 10.9 Å². The molecule has 1 aromatic rings. The lowest BCUT2D eigenvalue weighted by atomic mass is 10.1. The molecule has 0 amide bonds. The first kappa shape index (κ1) is 8.64. The first-order chi connectivity index (χ1) is 5.52. The van der Waals surface area contributed by atoms with E-state index in [0.717, 1.165) is 12.1 Å². The maximum Gasteiger partial charge on any atom is 0.187 e. The zero-order valence-corrected chi connectivity index (χ0v) is 6.27. The van der Waals surface area contributed by atoms with Gasteiger partial charge in [0.15, 0.2) is 23.2 Å². The summed E-state index contributed by atoms with van der Waals surface area (Å²) >= 11 is 0. The van der Waals surface area contributed by atoms with Gasteiger partial charge in [-0.3, -0.25) is 4.79 Å². The van der Waals surface area contributed by atoms with E-state index in [9.17, 15) is 13.6 Å². The van der Waals surface area contributed by atoms with Gasteiger partial charge in [0.2, 0.25) is 0 Å². The van der Waals surface area contributed by atoms with Gasteiger partial charge in [-0.2, -0.15) is 0 Å². The van der Waals surface area contributed by atoms with E-state index in [0.29, 0.717) is 0 Å². The third-order valence-electron chi connectivity index (χ3n) is 1.42. The molecule has 0 aliphatic rings. The van der Waals surface area contributed by atoms with Gasteiger partial charge in [-0.15, -0.1) is 0 Å². The molecular weight excluding hydrogens is 166 g/mol. The van der Waals surface area contributed by atoms with Crippen molar-refractivity contribution in [1.29, 1.82) is 0 Å². The monoisotopic (exact) mass is 172 g/mol. The number of hydrogen-bond donors (Lipinski definition) is 1. The Morgan fingerprint density at radius 2 is 1.75 bits per heavy atom. The van der Waals surface area contributed by atoms with Crippen molar-refractivity contribution in [3.63, 3.8) is 0 Å². The lowest BCUT2D eigenvalue weighted by Crippen LogP contribution is -1.95. The number of benzene rings is 1. The molecule has 1 rings (SSSR count). The molecular formula is C8H6F2O2. The van der Waals surface area contributed by atoms with E-state index in [1.807, 2.05) is 0 Å². The molecule has 0 aliphatic carbocycles. The van der Waals surface area contributed by atoms with Gasteiger partial charge >= 0.3 is 0 Å². The molecule has 0 atom stereocenters. The van der Waals surface area contributed by atoms with Crippen LogP contribution in [0.4, 0.5) is 8.78 Å². The average molecular weight is 172 g/mol. The molecule has 0 fully saturated rings. The van der Waals surface area contributed by atoms with Gasteiger partial charge < -0.3 is 5.11 Å². The molecule has 0 radical (unpaired) electrons. The molecule has 0 heterocycles. The zero-order valence-electron chi connectivity index (χ0n) is 6.27. The SMILES string of the molecule is CC(=O)c1cc(F)c(O)c(F)c1. The van der Waals surface area contributed by atoms with E-state index in [2.05, 4.69) is 0 Å². The highest BCUT2D eigenvalue weighted by Gasteiger charge is 2.11. The Kier molecular flexibility index (Phi) is 2.08. The molecule has 1 N–H and O–H groups in total. The first-order valence-electron chi connectivity index (χ1n) is 3.21. The largest absolute Gasteiger partial charge is 0.503 e. The Labute approximate surface area is 67.4 Å². The van der Waals surface area contributed by atoms with Crippen molar-refractivity contribution in [3.8, 4) is 5.75 Å². The third kappa shape index (κ3) is 1.42. The van der Waals surface area contributed by atoms with Crippen LogP contribution in [0.2, 0.25) is 0 Å². The van der Waals surface area contributed by atoms with E-state index in [1.54, 1.807) is 0 Å². The van der Waals surface area contributed by atoms with Crippen LogP contribution < -0.4 is 0 Å². The van der Waals surface area contributed by atoms with E-state index in [-0.39, 0.29) is 5.56 Å². The number of phenolic OH excluding ortho intramolecular Hbond substituents is 1. The topological polar surface area (TPSA) is 37.3 Å². The van der Waals surface area contributed by atoms with Gasteiger partial charge in [0.1, 0.15) is 0 Å². The van der Waals surface area contributed by atoms with Crippen molar-refractivity contribution in [1.82, 2.24) is 0 Å². The molecule has 0 unspecified atom stereocenters. The minimum absolute atomic E-state index is 0.0946. The molecule has 1 aromatic carbocycles. The summed E-state index contributed by atoms with van der Waals surface area (Å²) in [6.07, 6.45) is 0. The second-order valence-corrected chi connectivity index (χ2v) is 2.34. The normalized spacial score (nSPS) is 9.92. The van der Waals surface area contributed by atoms with Crippen LogP contribution in [-0.2, 0) is 0 Å². The summed E-state index contributed by atoms with van der Waals surface area (Å²) in [6.45, 7) is 1.19. The standard InChI is InChI=1S/C8H6F2O2/c1-4(11)5-2-6(9)8(12)7(10)3-5/h2-3,12H,1H3. The Bertz CT molecular complexity index is 311. The van der Waals surface area contributed by atoms with Crippen LogP contribution in [0, 0.1) is 11.6 Å². The Morgan fingerprint density at radius 1 is 1.33 bits per heavy atom. The quantitative estimate of drug-likeness (QED) is 0.656. The fourth-order valence-electron chi connectivity index (χ4n) is 0.769. The number of ketones is 1. The summed E-state index contributed by atoms with van der Waals surface area (Å²) in [6, 6.07) is 1.58. The van der Waals surface area contributed by atoms with Gasteiger partial charge in [-0.25, -0.2) is 8.78 Å². The van der Waals surface area contributed by atoms with Crippen molar-refractivity contribution in [2.45, 2.75) is 6.92 Å². The number of carbonyl (C=O) groups is 1. The summed E-state index contributed by atoms with van der Waals surface area (Å²) in [5.41, 5.74) is -0.0946. The molecule has 0 spiro atoms. The van der Waals surface area contributed by atoms with Crippen LogP contribution in [0.1, 0.15) is 17.3 Å². The summed E-state index contributed by atoms with van der Waals surface area (Å²) in [4.78, 5) is 10.6. The smallest absolute Gasteiger partial charge is 0.187 e. The number of aromatic hydroxyl groups is 1. The molecule has 2 nitrogen and oxygen atoms in total. The van der Waals surface area contributed by atoms with Crippen LogP contribution in [0.5, 0.6) is 5.75 Å². The van der Waals surface area contributed by atoms with Crippen molar-refractivity contribution in [3.05, 3.63) is 29.3 Å². The highest BCUT2D eigenvalue weighted by Crippen LogP contribution is 2.21. The van der Waals surface area contributed by atoms with E-state index >= 15 is 0 Å². The van der Waals surface area contributed by atoms with Crippen LogP contribution in [0.3, 0.4) is 0 Å². The lowest BCUT2D eigenvalue weighted by molar-refractivity contribution is 0.101. The maximum absolute atomic E-state index is 12.6. The number of rotatable bonds is 1. The molecule has 0 saturated carbocycles. The number of phenols is 1. The molecule has 4 heteroatoms. The summed E-state index contributed by atoms with van der Waals surface area (Å²) in [7, 11) is 0. The van der Waals surface area contributed by atoms with Crippen molar-refractivity contribution in [2.24, 2.45) is 0 Å². The number of Topliss-reactive ketones (excluding diaryl/α,β-unsaturated/α-hetero) is 1. The minimum Gasteiger partial charge on any atom is -0.503 e. The van der Waals surface area contributed by atoms with Gasteiger partial charge in [-0.1, -0.05) is 0 Å². The predicted octanol–water partition coefficient (Wildman–Crippen LogP) is 1.87. The van der Waals surface area contributed by atoms with Crippen LogP contribution in [0.15, 0.2) is 12.1 Å². The van der Waals surface area contributed by atoms with E-state index in [4.69, 9.17) is 5.11 Å². The average Bonchev–Trinajstić information content (AvgIpc) is 1.99. The Morgan fingerprint density at radius 3 is 2.08 bits per heavy atom. The van der Waals surface area contributed by atoms with Gasteiger partial charge in [0.05, 0.1) is 0 Å². The molecule has 0 bridgehead atoms. The Hall–Kier alpha value is -1.45. The Balaban J connectivity index is 3.31. The second-order valence-electron chi connectivity index (χ2n) is 2.34. The number of hydrogen-bond acceptors (Lipinski definition) is 2. The fraction of sp³-hybridized carbons (Fsp3) is 0.125. The molecule has 0 aliphatic heterocycles. The number of halogens is 2. The molecule has 0 saturated heterocycles. The molecule has 12 heavy (non-hydrogen) atoms. The number of carbonyl (C=O) groups excluding carboxylic acids is 1. The van der Waals surface area contributed by atoms with Crippen molar-refractivity contribution >= 4 is 5.78 Å². The van der Waals surface area contributed by atoms with E-state index < -0.39 is 23.2 Å². The van der Waals surface area contributed by atoms with Crippen LogP contribution >= 0.6 is 0 Å². The lowest BCUT2D eigenvalue weighted by Gasteiger charge is -1.99. The first-order valence-corrected chi connectivity index (χ1v) is 3.21. The van der Waals surface area contributed by atoms with Crippen LogP contribution in [0.25, 0.3) is 0 Å². The molecule has 0 aromatic heterocycles. The van der Waals surface area contributed by atoms with Gasteiger partial charge in [-0.05, 0) is 19.1 Å². The zero-order chi connectivity index (χ0) is 9.30. The maximum atomic E-state index is 12.6. The predicted molar refractivity (Wildman–Crippen MR) is 38.0 cm³/mol. The van der Waals surface area contributed by atoms with Gasteiger partial charge in [0.25, 0.3) is 0 Å². The third-order valence-corrected chi connectivity index (χ3v) is 1.42. The molecule has 64 valence electrons. The summed E-state index contributed by atoms with van der Waals surface area (Å²) < 4.78 is 25.1. The summed E-state index contributed by atoms with van der Waals surface area (Å²) in [5, 5.41) is 8.65. The van der Waals surface area contributed by atoms with Crippen molar-refractivity contribution < 1.29 is 18.7 Å². The highest BCUT2D eigenvalue weighted by atomic mass is 19.1. The minimum atomic E-state index is -1.12. The van der Waals surface area contributed by atoms with E-state index in [1.165, 1.54) is 6.92 Å².